The molecular formula is C16H12N2O2S. The third-order valence-electron chi connectivity index (χ3n) is 3.01. The summed E-state index contributed by atoms with van der Waals surface area (Å²) in [7, 11) is 0. The summed E-state index contributed by atoms with van der Waals surface area (Å²) < 4.78 is 0. The van der Waals surface area contributed by atoms with Gasteiger partial charge in [0.2, 0.25) is 0 Å². The second-order valence-corrected chi connectivity index (χ2v) is 5.42. The fraction of sp³-hybridized carbons (Fsp3) is 0. The average molecular weight is 296 g/mol. The zero-order chi connectivity index (χ0) is 14.7. The molecular weight excluding hydrogens is 284 g/mol. The lowest BCUT2D eigenvalue weighted by molar-refractivity contribution is -0.380. The van der Waals surface area contributed by atoms with Crippen LogP contribution in [0.1, 0.15) is 0 Å². The van der Waals surface area contributed by atoms with Crippen LogP contribution in [0.3, 0.4) is 0 Å². The van der Waals surface area contributed by atoms with E-state index in [0.29, 0.717) is 0 Å². The molecule has 0 aliphatic rings. The smallest absolute Gasteiger partial charge is 0.302 e. The predicted molar refractivity (Wildman–Crippen MR) is 85.7 cm³/mol. The van der Waals surface area contributed by atoms with Crippen molar-refractivity contribution in [1.29, 1.82) is 0 Å². The molecule has 0 saturated carbocycles. The molecule has 21 heavy (non-hydrogen) atoms. The summed E-state index contributed by atoms with van der Waals surface area (Å²) in [6, 6.07) is 23.0. The number of hydrogen-bond donors (Lipinski definition) is 0. The number of anilines is 3. The van der Waals surface area contributed by atoms with Crippen molar-refractivity contribution in [2.75, 3.05) is 4.90 Å². The van der Waals surface area contributed by atoms with Crippen molar-refractivity contribution in [3.8, 4) is 0 Å². The van der Waals surface area contributed by atoms with E-state index in [1.807, 2.05) is 65.6 Å². The zero-order valence-electron chi connectivity index (χ0n) is 11.0. The van der Waals surface area contributed by atoms with Crippen molar-refractivity contribution < 1.29 is 4.92 Å². The number of benzene rings is 2. The third kappa shape index (κ3) is 2.78. The van der Waals surface area contributed by atoms with E-state index in [1.54, 1.807) is 12.1 Å². The maximum Gasteiger partial charge on any atom is 0.326 e. The Labute approximate surface area is 126 Å². The second kappa shape index (κ2) is 5.76. The molecule has 5 heteroatoms. The molecule has 0 N–H and O–H groups in total. The monoisotopic (exact) mass is 296 g/mol. The molecule has 3 aromatic rings. The molecule has 0 saturated heterocycles. The SMILES string of the molecule is O=[N+]([O-])c1ccc(N(c2ccccc2)c2ccccc2)s1. The van der Waals surface area contributed by atoms with E-state index in [2.05, 4.69) is 0 Å². The molecule has 0 fully saturated rings. The van der Waals surface area contributed by atoms with Gasteiger partial charge in [-0.1, -0.05) is 36.4 Å². The van der Waals surface area contributed by atoms with Crippen LogP contribution in [0.2, 0.25) is 0 Å². The first-order valence-corrected chi connectivity index (χ1v) is 7.22. The first-order chi connectivity index (χ1) is 10.3. The van der Waals surface area contributed by atoms with E-state index in [-0.39, 0.29) is 9.92 Å². The fourth-order valence-electron chi connectivity index (χ4n) is 2.09. The van der Waals surface area contributed by atoms with Gasteiger partial charge in [-0.05, 0) is 41.7 Å². The highest BCUT2D eigenvalue weighted by atomic mass is 32.1. The molecule has 0 aliphatic heterocycles. The van der Waals surface area contributed by atoms with Crippen molar-refractivity contribution in [3.63, 3.8) is 0 Å². The summed E-state index contributed by atoms with van der Waals surface area (Å²) in [6.07, 6.45) is 0. The standard InChI is InChI=1S/C16H12N2O2S/c19-18(20)16-12-11-15(21-16)17(13-7-3-1-4-8-13)14-9-5-2-6-10-14/h1-12H. The first-order valence-electron chi connectivity index (χ1n) is 6.40. The summed E-state index contributed by atoms with van der Waals surface area (Å²) >= 11 is 1.17. The molecule has 4 nitrogen and oxygen atoms in total. The Morgan fingerprint density at radius 2 is 1.33 bits per heavy atom. The number of para-hydroxylation sites is 2. The Balaban J connectivity index is 2.10. The van der Waals surface area contributed by atoms with Crippen LogP contribution in [0.15, 0.2) is 72.8 Å². The topological polar surface area (TPSA) is 46.4 Å². The van der Waals surface area contributed by atoms with Crippen molar-refractivity contribution in [2.45, 2.75) is 0 Å². The van der Waals surface area contributed by atoms with Gasteiger partial charge in [-0.3, -0.25) is 10.1 Å². The quantitative estimate of drug-likeness (QED) is 0.495. The molecule has 0 unspecified atom stereocenters. The Bertz CT molecular complexity index is 702. The van der Waals surface area contributed by atoms with Gasteiger partial charge in [0, 0.05) is 17.4 Å². The maximum atomic E-state index is 10.9. The summed E-state index contributed by atoms with van der Waals surface area (Å²) in [5.74, 6) is 0. The Morgan fingerprint density at radius 3 is 1.76 bits per heavy atom. The van der Waals surface area contributed by atoms with E-state index in [9.17, 15) is 10.1 Å². The van der Waals surface area contributed by atoms with Crippen molar-refractivity contribution in [3.05, 3.63) is 82.9 Å². The largest absolute Gasteiger partial charge is 0.326 e. The van der Waals surface area contributed by atoms with Gasteiger partial charge >= 0.3 is 5.00 Å². The van der Waals surface area contributed by atoms with Gasteiger partial charge in [-0.2, -0.15) is 0 Å². The lowest BCUT2D eigenvalue weighted by Gasteiger charge is -2.23. The van der Waals surface area contributed by atoms with Crippen LogP contribution in [0.4, 0.5) is 21.4 Å². The molecule has 0 radical (unpaired) electrons. The number of thiophene rings is 1. The fourth-order valence-corrected chi connectivity index (χ4v) is 2.96. The molecule has 2 aromatic carbocycles. The minimum Gasteiger partial charge on any atom is -0.302 e. The predicted octanol–water partition coefficient (Wildman–Crippen LogP) is 5.13. The van der Waals surface area contributed by atoms with Crippen LogP contribution in [0.5, 0.6) is 0 Å². The maximum absolute atomic E-state index is 10.9. The van der Waals surface area contributed by atoms with Crippen molar-refractivity contribution in [1.82, 2.24) is 0 Å². The number of rotatable bonds is 4. The molecule has 0 spiro atoms. The normalized spacial score (nSPS) is 10.3. The molecule has 0 atom stereocenters. The van der Waals surface area contributed by atoms with Crippen LogP contribution in [0.25, 0.3) is 0 Å². The minimum absolute atomic E-state index is 0.141. The molecule has 3 rings (SSSR count). The molecule has 0 bridgehead atoms. The van der Waals surface area contributed by atoms with E-state index in [1.165, 1.54) is 11.3 Å². The van der Waals surface area contributed by atoms with Gasteiger partial charge < -0.3 is 4.90 Å². The number of nitrogens with zero attached hydrogens (tertiary/aromatic N) is 2. The molecule has 1 heterocycles. The summed E-state index contributed by atoms with van der Waals surface area (Å²) in [6.45, 7) is 0. The second-order valence-electron chi connectivity index (χ2n) is 4.38. The van der Waals surface area contributed by atoms with Crippen LogP contribution in [-0.2, 0) is 0 Å². The lowest BCUT2D eigenvalue weighted by Crippen LogP contribution is -2.07. The zero-order valence-corrected chi connectivity index (χ0v) is 11.9. The summed E-state index contributed by atoms with van der Waals surface area (Å²) in [5.41, 5.74) is 1.95. The summed E-state index contributed by atoms with van der Waals surface area (Å²) in [5, 5.41) is 11.9. The van der Waals surface area contributed by atoms with Crippen LogP contribution < -0.4 is 4.90 Å². The van der Waals surface area contributed by atoms with Crippen molar-refractivity contribution >= 4 is 32.7 Å². The van der Waals surface area contributed by atoms with E-state index in [4.69, 9.17) is 0 Å². The van der Waals surface area contributed by atoms with Crippen LogP contribution >= 0.6 is 11.3 Å². The number of nitro groups is 1. The van der Waals surface area contributed by atoms with E-state index >= 15 is 0 Å². The van der Waals surface area contributed by atoms with E-state index < -0.39 is 0 Å². The lowest BCUT2D eigenvalue weighted by atomic mass is 10.2. The Kier molecular flexibility index (Phi) is 3.66. The molecule has 0 aliphatic carbocycles. The van der Waals surface area contributed by atoms with Gasteiger partial charge in [-0.25, -0.2) is 0 Å². The first kappa shape index (κ1) is 13.3. The van der Waals surface area contributed by atoms with E-state index in [0.717, 1.165) is 16.4 Å². The van der Waals surface area contributed by atoms with Gasteiger partial charge in [0.1, 0.15) is 5.00 Å². The Morgan fingerprint density at radius 1 is 0.810 bits per heavy atom. The highest BCUT2D eigenvalue weighted by Crippen LogP contribution is 2.40. The minimum atomic E-state index is -0.359. The van der Waals surface area contributed by atoms with Gasteiger partial charge in [0.25, 0.3) is 0 Å². The Hall–Kier alpha value is -2.66. The molecule has 0 amide bonds. The van der Waals surface area contributed by atoms with Crippen LogP contribution in [0, 0.1) is 10.1 Å². The molecule has 104 valence electrons. The molecule has 1 aromatic heterocycles. The van der Waals surface area contributed by atoms with Gasteiger partial charge in [-0.15, -0.1) is 0 Å². The van der Waals surface area contributed by atoms with Crippen molar-refractivity contribution in [2.24, 2.45) is 0 Å². The third-order valence-corrected chi connectivity index (χ3v) is 4.03. The summed E-state index contributed by atoms with van der Waals surface area (Å²) in [4.78, 5) is 12.6. The highest BCUT2D eigenvalue weighted by molar-refractivity contribution is 7.19. The number of hydrogen-bond acceptors (Lipinski definition) is 4. The van der Waals surface area contributed by atoms with Gasteiger partial charge in [0.15, 0.2) is 0 Å². The average Bonchev–Trinajstić information content (AvgIpc) is 3.00. The van der Waals surface area contributed by atoms with Gasteiger partial charge in [0.05, 0.1) is 4.92 Å². The highest BCUT2D eigenvalue weighted by Gasteiger charge is 2.17. The van der Waals surface area contributed by atoms with Crippen LogP contribution in [-0.4, -0.2) is 4.92 Å².